The third kappa shape index (κ3) is 7.56. The highest BCUT2D eigenvalue weighted by Gasteiger charge is 2.28. The number of ether oxygens (including phenoxy) is 1. The summed E-state index contributed by atoms with van der Waals surface area (Å²) >= 11 is 0. The van der Waals surface area contributed by atoms with Gasteiger partial charge in [-0.25, -0.2) is 14.8 Å². The van der Waals surface area contributed by atoms with Crippen LogP contribution in [0.2, 0.25) is 0 Å². The van der Waals surface area contributed by atoms with Crippen molar-refractivity contribution >= 4 is 17.7 Å². The molecule has 0 aromatic heterocycles. The number of likely N-dealkylation sites (N-methyl/N-ethyl adjacent to an activating group) is 1. The minimum Gasteiger partial charge on any atom is -0.446 e. The number of carbonyl (C=O) groups excluding carboxylic acids is 2. The van der Waals surface area contributed by atoms with Crippen LogP contribution in [0.5, 0.6) is 0 Å². The topological polar surface area (TPSA) is 76.6 Å². The fourth-order valence-corrected chi connectivity index (χ4v) is 5.56. The number of hydrogen-bond acceptors (Lipinski definition) is 6. The van der Waals surface area contributed by atoms with E-state index < -0.39 is 6.09 Å². The van der Waals surface area contributed by atoms with Gasteiger partial charge in [-0.1, -0.05) is 60.7 Å². The molecule has 2 heterocycles. The van der Waals surface area contributed by atoms with Crippen LogP contribution >= 0.6 is 0 Å². The molecule has 1 N–H and O–H groups in total. The molecule has 0 aliphatic carbocycles. The highest BCUT2D eigenvalue weighted by Crippen LogP contribution is 2.33. The number of benzene rings is 3. The zero-order chi connectivity index (χ0) is 29.3. The molecule has 8 nitrogen and oxygen atoms in total. The van der Waals surface area contributed by atoms with Crippen molar-refractivity contribution in [2.45, 2.75) is 38.3 Å². The molecule has 2 amide bonds. The highest BCUT2D eigenvalue weighted by atomic mass is 16.6. The van der Waals surface area contributed by atoms with Gasteiger partial charge in [0.2, 0.25) is 0 Å². The van der Waals surface area contributed by atoms with Crippen LogP contribution in [0.25, 0.3) is 11.1 Å². The van der Waals surface area contributed by atoms with Gasteiger partial charge < -0.3 is 14.7 Å². The number of aliphatic hydroxyl groups is 1. The number of rotatable bonds is 9. The summed E-state index contributed by atoms with van der Waals surface area (Å²) in [6.07, 6.45) is 5.01. The molecule has 2 aliphatic heterocycles. The molecule has 5 rings (SSSR count). The molecule has 42 heavy (non-hydrogen) atoms. The number of likely N-dealkylation sites (tertiary alicyclic amines) is 1. The Labute approximate surface area is 249 Å². The highest BCUT2D eigenvalue weighted by molar-refractivity contribution is 5.94. The number of piperidine rings is 2. The minimum atomic E-state index is -0.448. The number of aliphatic hydroxyl groups excluding tert-OH is 1. The van der Waals surface area contributed by atoms with Crippen LogP contribution in [-0.2, 0) is 11.3 Å². The quantitative estimate of drug-likeness (QED) is 0.380. The molecule has 3 aromatic carbocycles. The number of hydrazine groups is 1. The third-order valence-corrected chi connectivity index (χ3v) is 8.02. The summed E-state index contributed by atoms with van der Waals surface area (Å²) in [5.41, 5.74) is 4.51. The fourth-order valence-electron chi connectivity index (χ4n) is 5.56. The Bertz CT molecular complexity index is 1300. The van der Waals surface area contributed by atoms with Crippen LogP contribution in [0.1, 0.15) is 41.6 Å². The van der Waals surface area contributed by atoms with Gasteiger partial charge in [0.15, 0.2) is 0 Å². The standard InChI is InChI=1S/C34H41N4O4/c1-35(33(40)29-16-14-27(15-17-29)26-36-22-18-30(39)19-23-36)24-25-42-34(41)38(37-20-8-3-9-21-37)32-13-7-6-12-31(32)28-10-4-2-5-11-28/h2-7,10-17,30,39H,8-9,18-26H2,1H3. The average molecular weight is 570 g/mol. The predicted octanol–water partition coefficient (Wildman–Crippen LogP) is 5.24. The van der Waals surface area contributed by atoms with Crippen molar-refractivity contribution in [3.63, 3.8) is 0 Å². The Kier molecular flexibility index (Phi) is 10.2. The number of carbonyl (C=O) groups is 2. The lowest BCUT2D eigenvalue weighted by Gasteiger charge is -2.37. The van der Waals surface area contributed by atoms with E-state index in [1.54, 1.807) is 17.0 Å². The Morgan fingerprint density at radius 2 is 1.55 bits per heavy atom. The van der Waals surface area contributed by atoms with Crippen LogP contribution in [0.15, 0.2) is 78.9 Å². The van der Waals surface area contributed by atoms with Crippen LogP contribution in [-0.4, -0.2) is 84.4 Å². The molecular formula is C34H41N4O4. The maximum absolute atomic E-state index is 13.6. The van der Waals surface area contributed by atoms with Crippen molar-refractivity contribution in [2.24, 2.45) is 0 Å². The number of nitrogens with zero attached hydrogens (tertiary/aromatic N) is 4. The Morgan fingerprint density at radius 1 is 0.881 bits per heavy atom. The zero-order valence-electron chi connectivity index (χ0n) is 24.4. The maximum atomic E-state index is 13.6. The van der Waals surface area contributed by atoms with Crippen molar-refractivity contribution in [3.8, 4) is 11.1 Å². The Hall–Kier alpha value is -3.72. The van der Waals surface area contributed by atoms with Gasteiger partial charge in [0.25, 0.3) is 5.91 Å². The molecule has 0 saturated carbocycles. The van der Waals surface area contributed by atoms with E-state index in [2.05, 4.69) is 11.3 Å². The van der Waals surface area contributed by atoms with E-state index >= 15 is 0 Å². The smallest absolute Gasteiger partial charge is 0.429 e. The molecule has 1 radical (unpaired) electrons. The number of amides is 2. The zero-order valence-corrected chi connectivity index (χ0v) is 24.4. The lowest BCUT2D eigenvalue weighted by molar-refractivity contribution is 0.0734. The van der Waals surface area contributed by atoms with Crippen molar-refractivity contribution in [1.29, 1.82) is 0 Å². The summed E-state index contributed by atoms with van der Waals surface area (Å²) in [6.45, 7) is 4.41. The van der Waals surface area contributed by atoms with E-state index in [-0.39, 0.29) is 25.2 Å². The molecule has 0 unspecified atom stereocenters. The van der Waals surface area contributed by atoms with Gasteiger partial charge in [-0.2, -0.15) is 0 Å². The lowest BCUT2D eigenvalue weighted by Crippen LogP contribution is -2.50. The summed E-state index contributed by atoms with van der Waals surface area (Å²) < 4.78 is 5.79. The van der Waals surface area contributed by atoms with E-state index in [4.69, 9.17) is 4.74 Å². The van der Waals surface area contributed by atoms with E-state index in [1.807, 2.05) is 83.9 Å². The summed E-state index contributed by atoms with van der Waals surface area (Å²) in [6, 6.07) is 25.6. The van der Waals surface area contributed by atoms with E-state index in [0.29, 0.717) is 5.56 Å². The van der Waals surface area contributed by atoms with Gasteiger partial charge in [-0.15, -0.1) is 0 Å². The summed E-state index contributed by atoms with van der Waals surface area (Å²) in [5, 5.41) is 13.4. The van der Waals surface area contributed by atoms with Gasteiger partial charge in [0.1, 0.15) is 6.61 Å². The van der Waals surface area contributed by atoms with Crippen LogP contribution < -0.4 is 5.01 Å². The molecule has 2 saturated heterocycles. The second kappa shape index (κ2) is 14.4. The molecule has 0 spiro atoms. The normalized spacial score (nSPS) is 16.6. The first-order chi connectivity index (χ1) is 20.5. The number of para-hydroxylation sites is 1. The van der Waals surface area contributed by atoms with Crippen LogP contribution in [0, 0.1) is 6.42 Å². The molecular weight excluding hydrogens is 528 g/mol. The van der Waals surface area contributed by atoms with E-state index in [9.17, 15) is 14.7 Å². The monoisotopic (exact) mass is 569 g/mol. The Balaban J connectivity index is 1.20. The fraction of sp³-hybridized carbons (Fsp3) is 0.382. The van der Waals surface area contributed by atoms with Crippen LogP contribution in [0.3, 0.4) is 0 Å². The van der Waals surface area contributed by atoms with Gasteiger partial charge in [0.05, 0.1) is 18.3 Å². The third-order valence-electron chi connectivity index (χ3n) is 8.02. The SMILES string of the molecule is CN(CCOC(=O)N(c1ccccc1-c1ccccc1)N1CC[CH]CC1)C(=O)c1ccc(CN2CCC(O)CC2)cc1. The molecule has 8 heteroatoms. The first kappa shape index (κ1) is 29.8. The summed E-state index contributed by atoms with van der Waals surface area (Å²) in [5.74, 6) is -0.114. The summed E-state index contributed by atoms with van der Waals surface area (Å²) in [7, 11) is 1.73. The molecule has 0 bridgehead atoms. The van der Waals surface area contributed by atoms with Crippen molar-refractivity contribution in [1.82, 2.24) is 14.8 Å². The second-order valence-electron chi connectivity index (χ2n) is 11.1. The van der Waals surface area contributed by atoms with E-state index in [1.165, 1.54) is 0 Å². The first-order valence-electron chi connectivity index (χ1n) is 14.9. The van der Waals surface area contributed by atoms with Gasteiger partial charge in [-0.05, 0) is 61.4 Å². The minimum absolute atomic E-state index is 0.0872. The van der Waals surface area contributed by atoms with Gasteiger partial charge in [0, 0.05) is 50.9 Å². The van der Waals surface area contributed by atoms with Crippen molar-refractivity contribution in [2.75, 3.05) is 51.4 Å². The van der Waals surface area contributed by atoms with Gasteiger partial charge >= 0.3 is 6.09 Å². The van der Waals surface area contributed by atoms with Crippen molar-refractivity contribution < 1.29 is 19.4 Å². The Morgan fingerprint density at radius 3 is 2.26 bits per heavy atom. The average Bonchev–Trinajstić information content (AvgIpc) is 3.03. The number of anilines is 1. The lowest BCUT2D eigenvalue weighted by atomic mass is 10.0. The summed E-state index contributed by atoms with van der Waals surface area (Å²) in [4.78, 5) is 30.6. The van der Waals surface area contributed by atoms with Gasteiger partial charge in [-0.3, -0.25) is 9.69 Å². The molecule has 0 atom stereocenters. The second-order valence-corrected chi connectivity index (χ2v) is 11.1. The van der Waals surface area contributed by atoms with Crippen molar-refractivity contribution in [3.05, 3.63) is 96.4 Å². The molecule has 221 valence electrons. The first-order valence-corrected chi connectivity index (χ1v) is 14.9. The predicted molar refractivity (Wildman–Crippen MR) is 165 cm³/mol. The maximum Gasteiger partial charge on any atom is 0.429 e. The molecule has 3 aromatic rings. The van der Waals surface area contributed by atoms with Crippen LogP contribution in [0.4, 0.5) is 10.5 Å². The van der Waals surface area contributed by atoms with E-state index in [0.717, 1.165) is 80.8 Å². The molecule has 2 fully saturated rings. The largest absolute Gasteiger partial charge is 0.446 e. The number of hydrogen-bond donors (Lipinski definition) is 1. The molecule has 2 aliphatic rings.